The second kappa shape index (κ2) is 6.33. The number of ether oxygens (including phenoxy) is 2. The summed E-state index contributed by atoms with van der Waals surface area (Å²) in [7, 11) is 0. The van der Waals surface area contributed by atoms with Crippen molar-refractivity contribution in [2.24, 2.45) is 5.41 Å². The monoisotopic (exact) mass is 262 g/mol. The van der Waals surface area contributed by atoms with E-state index in [1.807, 2.05) is 36.4 Å². The van der Waals surface area contributed by atoms with Crippen molar-refractivity contribution in [2.45, 2.75) is 38.8 Å². The van der Waals surface area contributed by atoms with E-state index in [1.165, 1.54) is 0 Å². The summed E-state index contributed by atoms with van der Waals surface area (Å²) >= 11 is 0. The smallest absolute Gasteiger partial charge is 0.155 e. The topological polar surface area (TPSA) is 38.7 Å². The molecule has 0 aliphatic carbocycles. The van der Waals surface area contributed by atoms with Gasteiger partial charge in [0.2, 0.25) is 0 Å². The van der Waals surface area contributed by atoms with Gasteiger partial charge in [0.05, 0.1) is 19.3 Å². The number of hydrogen-bond donors (Lipinski definition) is 1. The molecular weight excluding hydrogens is 240 g/mol. The van der Waals surface area contributed by atoms with E-state index in [4.69, 9.17) is 9.47 Å². The third-order valence-electron chi connectivity index (χ3n) is 3.59. The second-order valence-corrected chi connectivity index (χ2v) is 5.48. The van der Waals surface area contributed by atoms with Gasteiger partial charge in [-0.2, -0.15) is 0 Å². The molecule has 3 heteroatoms. The van der Waals surface area contributed by atoms with Crippen LogP contribution >= 0.6 is 0 Å². The summed E-state index contributed by atoms with van der Waals surface area (Å²) in [6, 6.07) is 10.0. The molecule has 1 aliphatic heterocycles. The molecular formula is C16H22O3. The zero-order valence-electron chi connectivity index (χ0n) is 11.4. The minimum Gasteiger partial charge on any atom is -0.374 e. The molecule has 1 saturated heterocycles. The van der Waals surface area contributed by atoms with Crippen molar-refractivity contribution < 1.29 is 14.6 Å². The van der Waals surface area contributed by atoms with Crippen LogP contribution in [-0.2, 0) is 16.1 Å². The molecule has 3 unspecified atom stereocenters. The molecule has 1 fully saturated rings. The van der Waals surface area contributed by atoms with Crippen LogP contribution in [0.5, 0.6) is 0 Å². The molecule has 0 aromatic heterocycles. The summed E-state index contributed by atoms with van der Waals surface area (Å²) < 4.78 is 11.2. The number of benzene rings is 1. The van der Waals surface area contributed by atoms with E-state index in [0.29, 0.717) is 19.6 Å². The van der Waals surface area contributed by atoms with Crippen LogP contribution in [0.25, 0.3) is 0 Å². The van der Waals surface area contributed by atoms with Crippen LogP contribution < -0.4 is 0 Å². The first-order chi connectivity index (χ1) is 9.11. The van der Waals surface area contributed by atoms with Crippen molar-refractivity contribution in [3.8, 4) is 0 Å². The van der Waals surface area contributed by atoms with Crippen LogP contribution in [0.2, 0.25) is 0 Å². The zero-order valence-corrected chi connectivity index (χ0v) is 11.4. The third kappa shape index (κ3) is 4.16. The molecule has 1 aliphatic rings. The Labute approximate surface area is 114 Å². The Morgan fingerprint density at radius 2 is 2.16 bits per heavy atom. The molecule has 1 aromatic rings. The number of aliphatic hydroxyl groups excluding tert-OH is 1. The summed E-state index contributed by atoms with van der Waals surface area (Å²) in [6.45, 7) is 7.01. The maximum absolute atomic E-state index is 9.74. The Bertz CT molecular complexity index is 404. The predicted molar refractivity (Wildman–Crippen MR) is 74.5 cm³/mol. The van der Waals surface area contributed by atoms with Crippen molar-refractivity contribution >= 4 is 0 Å². The molecule has 0 spiro atoms. The highest BCUT2D eigenvalue weighted by atomic mass is 16.6. The lowest BCUT2D eigenvalue weighted by atomic mass is 9.79. The van der Waals surface area contributed by atoms with E-state index in [1.54, 1.807) is 0 Å². The Hall–Kier alpha value is -1.16. The fraction of sp³-hybridized carbons (Fsp3) is 0.500. The van der Waals surface area contributed by atoms with Crippen LogP contribution in [0.3, 0.4) is 0 Å². The minimum atomic E-state index is -0.720. The van der Waals surface area contributed by atoms with Crippen molar-refractivity contribution in [1.29, 1.82) is 0 Å². The molecule has 3 atom stereocenters. The summed E-state index contributed by atoms with van der Waals surface area (Å²) in [4.78, 5) is 0. The average molecular weight is 262 g/mol. The fourth-order valence-corrected chi connectivity index (χ4v) is 2.47. The van der Waals surface area contributed by atoms with Gasteiger partial charge in [0.15, 0.2) is 6.29 Å². The van der Waals surface area contributed by atoms with Crippen molar-refractivity contribution in [2.75, 3.05) is 6.61 Å². The number of hydrogen-bond acceptors (Lipinski definition) is 3. The zero-order chi connectivity index (χ0) is 13.7. The third-order valence-corrected chi connectivity index (χ3v) is 3.59. The van der Waals surface area contributed by atoms with Crippen molar-refractivity contribution in [3.05, 3.63) is 48.6 Å². The van der Waals surface area contributed by atoms with Gasteiger partial charge >= 0.3 is 0 Å². The average Bonchev–Trinajstić information content (AvgIpc) is 2.39. The van der Waals surface area contributed by atoms with E-state index in [9.17, 15) is 5.11 Å². The predicted octanol–water partition coefficient (Wildman–Crippen LogP) is 2.89. The molecule has 1 aromatic carbocycles. The highest BCUT2D eigenvalue weighted by molar-refractivity contribution is 5.13. The molecule has 104 valence electrons. The normalized spacial score (nSPS) is 31.1. The SMILES string of the molecule is C=CC1(C)CC(O)OC(COCc2ccccc2)C1. The lowest BCUT2D eigenvalue weighted by Crippen LogP contribution is -2.40. The lowest BCUT2D eigenvalue weighted by molar-refractivity contribution is -0.200. The molecule has 0 radical (unpaired) electrons. The maximum atomic E-state index is 9.74. The van der Waals surface area contributed by atoms with E-state index in [0.717, 1.165) is 12.0 Å². The summed E-state index contributed by atoms with van der Waals surface area (Å²) in [5.41, 5.74) is 1.07. The fourth-order valence-electron chi connectivity index (χ4n) is 2.47. The van der Waals surface area contributed by atoms with Crippen molar-refractivity contribution in [3.63, 3.8) is 0 Å². The first kappa shape index (κ1) is 14.3. The lowest BCUT2D eigenvalue weighted by Gasteiger charge is -2.38. The number of aliphatic hydroxyl groups is 1. The van der Waals surface area contributed by atoms with E-state index in [-0.39, 0.29) is 11.5 Å². The highest BCUT2D eigenvalue weighted by Gasteiger charge is 2.35. The van der Waals surface area contributed by atoms with Crippen LogP contribution in [0.15, 0.2) is 43.0 Å². The first-order valence-electron chi connectivity index (χ1n) is 6.70. The quantitative estimate of drug-likeness (QED) is 0.829. The van der Waals surface area contributed by atoms with Crippen LogP contribution in [0.4, 0.5) is 0 Å². The maximum Gasteiger partial charge on any atom is 0.155 e. The van der Waals surface area contributed by atoms with Gasteiger partial charge in [-0.15, -0.1) is 6.58 Å². The van der Waals surface area contributed by atoms with Crippen LogP contribution in [-0.4, -0.2) is 24.1 Å². The van der Waals surface area contributed by atoms with Gasteiger partial charge in [-0.25, -0.2) is 0 Å². The summed E-state index contributed by atoms with van der Waals surface area (Å²) in [5.74, 6) is 0. The standard InChI is InChI=1S/C16H22O3/c1-3-16(2)9-14(19-15(17)10-16)12-18-11-13-7-5-4-6-8-13/h3-8,14-15,17H,1,9-12H2,2H3. The van der Waals surface area contributed by atoms with Crippen LogP contribution in [0.1, 0.15) is 25.3 Å². The van der Waals surface area contributed by atoms with Gasteiger partial charge in [0, 0.05) is 6.42 Å². The first-order valence-corrected chi connectivity index (χ1v) is 6.70. The molecule has 0 saturated carbocycles. The number of allylic oxidation sites excluding steroid dienone is 1. The second-order valence-electron chi connectivity index (χ2n) is 5.48. The largest absolute Gasteiger partial charge is 0.374 e. The van der Waals surface area contributed by atoms with Gasteiger partial charge in [-0.3, -0.25) is 0 Å². The molecule has 0 bridgehead atoms. The Kier molecular flexibility index (Phi) is 4.75. The van der Waals surface area contributed by atoms with Gasteiger partial charge in [-0.1, -0.05) is 43.3 Å². The molecule has 1 N–H and O–H groups in total. The Morgan fingerprint density at radius 1 is 1.42 bits per heavy atom. The van der Waals surface area contributed by atoms with E-state index >= 15 is 0 Å². The van der Waals surface area contributed by atoms with Gasteiger partial charge in [-0.05, 0) is 17.4 Å². The molecule has 1 heterocycles. The summed E-state index contributed by atoms with van der Waals surface area (Å²) in [5, 5.41) is 9.74. The molecule has 3 nitrogen and oxygen atoms in total. The van der Waals surface area contributed by atoms with Gasteiger partial charge < -0.3 is 14.6 Å². The molecule has 2 rings (SSSR count). The highest BCUT2D eigenvalue weighted by Crippen LogP contribution is 2.36. The van der Waals surface area contributed by atoms with Gasteiger partial charge in [0.1, 0.15) is 0 Å². The van der Waals surface area contributed by atoms with Gasteiger partial charge in [0.25, 0.3) is 0 Å². The molecule has 0 amide bonds. The Balaban J connectivity index is 1.81. The minimum absolute atomic E-state index is 0.0710. The summed E-state index contributed by atoms with van der Waals surface area (Å²) in [6.07, 6.45) is 2.55. The van der Waals surface area contributed by atoms with Crippen molar-refractivity contribution in [1.82, 2.24) is 0 Å². The number of rotatable bonds is 5. The molecule has 19 heavy (non-hydrogen) atoms. The Morgan fingerprint density at radius 3 is 2.84 bits per heavy atom. The van der Waals surface area contributed by atoms with Crippen LogP contribution in [0, 0.1) is 5.41 Å². The van der Waals surface area contributed by atoms with E-state index < -0.39 is 6.29 Å². The van der Waals surface area contributed by atoms with E-state index in [2.05, 4.69) is 13.5 Å².